The third-order valence-electron chi connectivity index (χ3n) is 2.43. The maximum Gasteiger partial charge on any atom is 0.150 e. The molecule has 0 aliphatic heterocycles. The molecular weight excluding hydrogens is 335 g/mol. The van der Waals surface area contributed by atoms with Gasteiger partial charge in [-0.25, -0.2) is 4.39 Å². The molecule has 2 rings (SSSR count). The highest BCUT2D eigenvalue weighted by molar-refractivity contribution is 9.10. The molecule has 0 saturated heterocycles. The highest BCUT2D eigenvalue weighted by Crippen LogP contribution is 2.34. The summed E-state index contributed by atoms with van der Waals surface area (Å²) in [5, 5.41) is 3.07. The lowest BCUT2D eigenvalue weighted by Crippen LogP contribution is -2.06. The Morgan fingerprint density at radius 2 is 2.21 bits per heavy atom. The van der Waals surface area contributed by atoms with E-state index < -0.39 is 5.82 Å². The van der Waals surface area contributed by atoms with Gasteiger partial charge in [0.25, 0.3) is 0 Å². The van der Waals surface area contributed by atoms with Crippen LogP contribution in [0.1, 0.15) is 5.56 Å². The van der Waals surface area contributed by atoms with Crippen molar-refractivity contribution in [2.45, 2.75) is 6.54 Å². The van der Waals surface area contributed by atoms with E-state index in [0.717, 1.165) is 5.56 Å². The van der Waals surface area contributed by atoms with Gasteiger partial charge in [-0.15, -0.1) is 0 Å². The molecule has 1 aromatic carbocycles. The minimum Gasteiger partial charge on any atom is -0.454 e. The third kappa shape index (κ3) is 3.43. The topological polar surface area (TPSA) is 34.2 Å². The summed E-state index contributed by atoms with van der Waals surface area (Å²) < 4.78 is 19.7. The fourth-order valence-electron chi connectivity index (χ4n) is 1.54. The van der Waals surface area contributed by atoms with Crippen LogP contribution in [-0.4, -0.2) is 12.0 Å². The lowest BCUT2D eigenvalue weighted by molar-refractivity contribution is 0.463. The smallest absolute Gasteiger partial charge is 0.150 e. The zero-order valence-electron chi connectivity index (χ0n) is 10.1. The maximum absolute atomic E-state index is 13.4. The molecule has 0 amide bonds. The van der Waals surface area contributed by atoms with Crippen molar-refractivity contribution in [1.82, 2.24) is 10.3 Å². The van der Waals surface area contributed by atoms with Crippen LogP contribution in [-0.2, 0) is 6.54 Å². The van der Waals surface area contributed by atoms with Gasteiger partial charge in [-0.3, -0.25) is 4.98 Å². The van der Waals surface area contributed by atoms with E-state index in [-0.39, 0.29) is 5.02 Å². The Morgan fingerprint density at radius 1 is 1.42 bits per heavy atom. The summed E-state index contributed by atoms with van der Waals surface area (Å²) in [6.07, 6.45) is 3.27. The van der Waals surface area contributed by atoms with Crippen LogP contribution in [0.25, 0.3) is 0 Å². The van der Waals surface area contributed by atoms with E-state index >= 15 is 0 Å². The number of aromatic nitrogens is 1. The Morgan fingerprint density at radius 3 is 2.95 bits per heavy atom. The van der Waals surface area contributed by atoms with Crippen LogP contribution in [0.5, 0.6) is 11.5 Å². The maximum atomic E-state index is 13.4. The molecule has 1 N–H and O–H groups in total. The second-order valence-electron chi connectivity index (χ2n) is 3.81. The monoisotopic (exact) mass is 344 g/mol. The molecule has 1 aromatic heterocycles. The van der Waals surface area contributed by atoms with Gasteiger partial charge in [0.15, 0.2) is 0 Å². The number of hydrogen-bond acceptors (Lipinski definition) is 3. The highest BCUT2D eigenvalue weighted by atomic mass is 79.9. The number of nitrogens with one attached hydrogen (secondary N) is 1. The van der Waals surface area contributed by atoms with Gasteiger partial charge in [0, 0.05) is 24.4 Å². The lowest BCUT2D eigenvalue weighted by Gasteiger charge is -2.12. The number of halogens is 3. The molecule has 0 bridgehead atoms. The van der Waals surface area contributed by atoms with Crippen LogP contribution in [0, 0.1) is 5.82 Å². The first-order chi connectivity index (χ1) is 9.11. The van der Waals surface area contributed by atoms with Crippen molar-refractivity contribution >= 4 is 27.5 Å². The van der Waals surface area contributed by atoms with Gasteiger partial charge in [0.1, 0.15) is 17.3 Å². The van der Waals surface area contributed by atoms with Crippen LogP contribution in [0.4, 0.5) is 4.39 Å². The summed E-state index contributed by atoms with van der Waals surface area (Å²) in [4.78, 5) is 4.01. The first kappa shape index (κ1) is 14.2. The zero-order chi connectivity index (χ0) is 13.8. The largest absolute Gasteiger partial charge is 0.454 e. The van der Waals surface area contributed by atoms with Crippen molar-refractivity contribution in [2.75, 3.05) is 7.05 Å². The van der Waals surface area contributed by atoms with Gasteiger partial charge in [-0.2, -0.15) is 0 Å². The molecule has 2 aromatic rings. The van der Waals surface area contributed by atoms with Crippen molar-refractivity contribution in [2.24, 2.45) is 0 Å². The molecule has 6 heteroatoms. The van der Waals surface area contributed by atoms with E-state index in [4.69, 9.17) is 16.3 Å². The highest BCUT2D eigenvalue weighted by Gasteiger charge is 2.11. The number of hydrogen-bond donors (Lipinski definition) is 1. The summed E-state index contributed by atoms with van der Waals surface area (Å²) in [6, 6.07) is 4.54. The summed E-state index contributed by atoms with van der Waals surface area (Å²) in [5.41, 5.74) is 0.930. The molecular formula is C13H11BrClFN2O. The Hall–Kier alpha value is -1.17. The summed E-state index contributed by atoms with van der Waals surface area (Å²) >= 11 is 8.98. The minimum absolute atomic E-state index is 0.0425. The number of ether oxygens (including phenoxy) is 1. The second-order valence-corrected chi connectivity index (χ2v) is 5.07. The normalized spacial score (nSPS) is 10.5. The number of rotatable bonds is 4. The predicted octanol–water partition coefficient (Wildman–Crippen LogP) is 4.15. The first-order valence-corrected chi connectivity index (χ1v) is 6.69. The van der Waals surface area contributed by atoms with Crippen molar-refractivity contribution in [1.29, 1.82) is 0 Å². The Bertz CT molecular complexity index is 595. The van der Waals surface area contributed by atoms with Crippen LogP contribution in [0.15, 0.2) is 35.1 Å². The lowest BCUT2D eigenvalue weighted by atomic mass is 10.2. The number of nitrogens with zero attached hydrogens (tertiary/aromatic N) is 1. The molecule has 0 saturated carbocycles. The molecule has 0 radical (unpaired) electrons. The minimum atomic E-state index is -0.529. The number of pyridine rings is 1. The molecule has 0 aliphatic rings. The van der Waals surface area contributed by atoms with Gasteiger partial charge < -0.3 is 10.1 Å². The zero-order valence-corrected chi connectivity index (χ0v) is 12.4. The van der Waals surface area contributed by atoms with Crippen LogP contribution < -0.4 is 10.1 Å². The van der Waals surface area contributed by atoms with Gasteiger partial charge >= 0.3 is 0 Å². The second kappa shape index (κ2) is 6.32. The van der Waals surface area contributed by atoms with E-state index in [1.165, 1.54) is 12.1 Å². The molecule has 0 aliphatic carbocycles. The van der Waals surface area contributed by atoms with Gasteiger partial charge in [0.05, 0.1) is 15.7 Å². The molecule has 0 spiro atoms. The fourth-order valence-corrected chi connectivity index (χ4v) is 2.26. The van der Waals surface area contributed by atoms with Gasteiger partial charge in [-0.1, -0.05) is 11.6 Å². The summed E-state index contributed by atoms with van der Waals surface area (Å²) in [7, 11) is 1.84. The molecule has 19 heavy (non-hydrogen) atoms. The Balaban J connectivity index is 2.33. The molecule has 0 atom stereocenters. The quantitative estimate of drug-likeness (QED) is 0.845. The van der Waals surface area contributed by atoms with E-state index in [9.17, 15) is 4.39 Å². The first-order valence-electron chi connectivity index (χ1n) is 5.51. The standard InChI is InChI=1S/C13H11BrClFN2O/c1-17-6-8-2-3-18-7-13(8)19-12-5-11(16)10(15)4-9(12)14/h2-5,7,17H,6H2,1H3. The SMILES string of the molecule is CNCc1ccncc1Oc1cc(F)c(Cl)cc1Br. The average molecular weight is 346 g/mol. The van der Waals surface area contributed by atoms with Crippen molar-refractivity contribution < 1.29 is 9.13 Å². The molecule has 0 fully saturated rings. The van der Waals surface area contributed by atoms with E-state index in [2.05, 4.69) is 26.2 Å². The Labute approximate surface area is 123 Å². The molecule has 100 valence electrons. The van der Waals surface area contributed by atoms with Crippen molar-refractivity contribution in [3.8, 4) is 11.5 Å². The summed E-state index contributed by atoms with van der Waals surface area (Å²) in [5.74, 6) is 0.394. The van der Waals surface area contributed by atoms with E-state index in [1.54, 1.807) is 12.4 Å². The summed E-state index contributed by atoms with van der Waals surface area (Å²) in [6.45, 7) is 0.631. The van der Waals surface area contributed by atoms with Crippen LogP contribution in [0.2, 0.25) is 5.02 Å². The Kier molecular flexibility index (Phi) is 4.74. The predicted molar refractivity (Wildman–Crippen MR) is 76.2 cm³/mol. The van der Waals surface area contributed by atoms with Crippen molar-refractivity contribution in [3.63, 3.8) is 0 Å². The molecule has 1 heterocycles. The molecule has 3 nitrogen and oxygen atoms in total. The number of benzene rings is 1. The van der Waals surface area contributed by atoms with E-state index in [0.29, 0.717) is 22.5 Å². The van der Waals surface area contributed by atoms with Crippen LogP contribution >= 0.6 is 27.5 Å². The van der Waals surface area contributed by atoms with Gasteiger partial charge in [0.2, 0.25) is 0 Å². The molecule has 0 unspecified atom stereocenters. The third-order valence-corrected chi connectivity index (χ3v) is 3.34. The van der Waals surface area contributed by atoms with Crippen LogP contribution in [0.3, 0.4) is 0 Å². The average Bonchev–Trinajstić information content (AvgIpc) is 2.38. The van der Waals surface area contributed by atoms with Crippen molar-refractivity contribution in [3.05, 3.63) is 51.5 Å². The van der Waals surface area contributed by atoms with Gasteiger partial charge in [-0.05, 0) is 35.1 Å². The van der Waals surface area contributed by atoms with E-state index in [1.807, 2.05) is 13.1 Å². The fraction of sp³-hybridized carbons (Fsp3) is 0.154.